The Labute approximate surface area is 257 Å². The molecule has 2 fully saturated rings. The highest BCUT2D eigenvalue weighted by Gasteiger charge is 2.39. The minimum Gasteiger partial charge on any atom is -0.480 e. The fraction of sp³-hybridized carbons (Fsp3) is 0.310. The van der Waals surface area contributed by atoms with Gasteiger partial charge in [0, 0.05) is 62.9 Å². The number of amides is 5. The van der Waals surface area contributed by atoms with E-state index in [9.17, 15) is 19.2 Å². The fourth-order valence-corrected chi connectivity index (χ4v) is 5.61. The summed E-state index contributed by atoms with van der Waals surface area (Å²) in [5.74, 6) is -1.92. The molecule has 1 unspecified atom stereocenters. The summed E-state index contributed by atoms with van der Waals surface area (Å²) < 4.78 is 5.50. The Bertz CT molecular complexity index is 1620. The molecule has 0 radical (unpaired) electrons. The molecule has 3 heterocycles. The summed E-state index contributed by atoms with van der Waals surface area (Å²) in [6.45, 7) is 0.875. The topological polar surface area (TPSA) is 146 Å². The number of hydrogen-bond acceptors (Lipinski definition) is 8. The summed E-state index contributed by atoms with van der Waals surface area (Å²) in [7, 11) is 4.37. The summed E-state index contributed by atoms with van der Waals surface area (Å²) in [4.78, 5) is 60.6. The van der Waals surface area contributed by atoms with Crippen molar-refractivity contribution in [3.05, 3.63) is 58.3 Å². The summed E-state index contributed by atoms with van der Waals surface area (Å²) >= 11 is 13.7. The molecule has 2 aliphatic rings. The van der Waals surface area contributed by atoms with E-state index < -0.39 is 23.8 Å². The summed E-state index contributed by atoms with van der Waals surface area (Å²) in [6, 6.07) is 10.0. The van der Waals surface area contributed by atoms with Crippen LogP contribution < -0.4 is 20.7 Å². The number of carbonyl (C=O) groups is 4. The lowest BCUT2D eigenvalue weighted by Gasteiger charge is -2.33. The second-order valence-electron chi connectivity index (χ2n) is 10.2. The predicted octanol–water partition coefficient (Wildman–Crippen LogP) is 3.18. The van der Waals surface area contributed by atoms with Gasteiger partial charge in [0.2, 0.25) is 23.6 Å². The van der Waals surface area contributed by atoms with Crippen molar-refractivity contribution in [1.82, 2.24) is 30.4 Å². The first-order valence-electron chi connectivity index (χ1n) is 13.4. The molecule has 224 valence electrons. The lowest BCUT2D eigenvalue weighted by atomic mass is 10.00. The SMILES string of the molecule is COc1nc(-c2cccc(-c3cccc(NC(=O)C4CN(C)C(=O)N(C)C4=O)c3Cl)c2Cl)cnc1CN[C@@H]1CNC(=O)C1. The van der Waals surface area contributed by atoms with Crippen LogP contribution in [-0.2, 0) is 20.9 Å². The molecule has 0 bridgehead atoms. The first-order valence-corrected chi connectivity index (χ1v) is 14.2. The number of nitrogens with one attached hydrogen (secondary N) is 3. The van der Waals surface area contributed by atoms with Gasteiger partial charge in [0.05, 0.1) is 34.7 Å². The third kappa shape index (κ3) is 6.12. The van der Waals surface area contributed by atoms with Gasteiger partial charge in [-0.05, 0) is 6.07 Å². The van der Waals surface area contributed by atoms with Crippen molar-refractivity contribution in [1.29, 1.82) is 0 Å². The van der Waals surface area contributed by atoms with Crippen LogP contribution in [0.4, 0.5) is 10.5 Å². The van der Waals surface area contributed by atoms with E-state index >= 15 is 0 Å². The van der Waals surface area contributed by atoms with Crippen LogP contribution in [-0.4, -0.2) is 83.9 Å². The molecule has 0 spiro atoms. The van der Waals surface area contributed by atoms with E-state index in [4.69, 9.17) is 27.9 Å². The maximum absolute atomic E-state index is 13.1. The third-order valence-electron chi connectivity index (χ3n) is 7.38. The summed E-state index contributed by atoms with van der Waals surface area (Å²) in [5.41, 5.74) is 3.07. The van der Waals surface area contributed by atoms with Crippen molar-refractivity contribution in [3.8, 4) is 28.3 Å². The second kappa shape index (κ2) is 12.5. The number of nitrogens with zero attached hydrogens (tertiary/aromatic N) is 4. The van der Waals surface area contributed by atoms with Crippen molar-refractivity contribution in [2.45, 2.75) is 19.0 Å². The normalized spacial score (nSPS) is 18.6. The maximum atomic E-state index is 13.1. The largest absolute Gasteiger partial charge is 0.480 e. The van der Waals surface area contributed by atoms with Gasteiger partial charge < -0.3 is 25.6 Å². The van der Waals surface area contributed by atoms with Crippen LogP contribution in [0.1, 0.15) is 12.1 Å². The monoisotopic (exact) mass is 625 g/mol. The van der Waals surface area contributed by atoms with Crippen LogP contribution in [0.3, 0.4) is 0 Å². The predicted molar refractivity (Wildman–Crippen MR) is 161 cm³/mol. The quantitative estimate of drug-likeness (QED) is 0.324. The number of rotatable bonds is 8. The van der Waals surface area contributed by atoms with E-state index in [0.29, 0.717) is 58.5 Å². The molecule has 0 saturated carbocycles. The molecule has 3 aromatic rings. The molecule has 2 aliphatic heterocycles. The number of urea groups is 1. The van der Waals surface area contributed by atoms with Gasteiger partial charge >= 0.3 is 6.03 Å². The zero-order valence-corrected chi connectivity index (χ0v) is 25.1. The van der Waals surface area contributed by atoms with Crippen LogP contribution in [0.2, 0.25) is 10.0 Å². The molecule has 5 rings (SSSR count). The lowest BCUT2D eigenvalue weighted by molar-refractivity contribution is -0.140. The Morgan fingerprint density at radius 2 is 1.77 bits per heavy atom. The van der Waals surface area contributed by atoms with Crippen molar-refractivity contribution < 1.29 is 23.9 Å². The molecule has 0 aliphatic carbocycles. The minimum atomic E-state index is -1.08. The zero-order valence-electron chi connectivity index (χ0n) is 23.6. The number of hydrogen-bond donors (Lipinski definition) is 3. The number of imide groups is 1. The summed E-state index contributed by atoms with van der Waals surface area (Å²) in [5, 5.41) is 9.38. The van der Waals surface area contributed by atoms with Crippen LogP contribution in [0.15, 0.2) is 42.6 Å². The van der Waals surface area contributed by atoms with Crippen LogP contribution >= 0.6 is 23.2 Å². The van der Waals surface area contributed by atoms with E-state index in [1.807, 2.05) is 0 Å². The first-order chi connectivity index (χ1) is 20.6. The van der Waals surface area contributed by atoms with E-state index in [1.165, 1.54) is 26.1 Å². The van der Waals surface area contributed by atoms with Gasteiger partial charge in [-0.3, -0.25) is 24.3 Å². The molecule has 2 saturated heterocycles. The highest BCUT2D eigenvalue weighted by Crippen LogP contribution is 2.41. The van der Waals surface area contributed by atoms with Gasteiger partial charge in [-0.2, -0.15) is 0 Å². The smallest absolute Gasteiger partial charge is 0.326 e. The van der Waals surface area contributed by atoms with Gasteiger partial charge in [-0.1, -0.05) is 53.5 Å². The van der Waals surface area contributed by atoms with Crippen LogP contribution in [0.25, 0.3) is 22.4 Å². The molecule has 2 aromatic carbocycles. The van der Waals surface area contributed by atoms with Gasteiger partial charge in [0.25, 0.3) is 0 Å². The van der Waals surface area contributed by atoms with E-state index in [0.717, 1.165) is 4.90 Å². The van der Waals surface area contributed by atoms with Crippen molar-refractivity contribution in [3.63, 3.8) is 0 Å². The van der Waals surface area contributed by atoms with E-state index in [2.05, 4.69) is 25.9 Å². The Hall–Kier alpha value is -4.26. The number of ether oxygens (including phenoxy) is 1. The highest BCUT2D eigenvalue weighted by molar-refractivity contribution is 6.39. The number of benzene rings is 2. The molecule has 2 atom stereocenters. The number of aromatic nitrogens is 2. The Balaban J connectivity index is 1.38. The number of halogens is 2. The zero-order chi connectivity index (χ0) is 30.8. The van der Waals surface area contributed by atoms with Gasteiger partial charge in [-0.25, -0.2) is 9.78 Å². The molecule has 5 amide bonds. The van der Waals surface area contributed by atoms with Crippen molar-refractivity contribution in [2.75, 3.05) is 39.6 Å². The molecule has 43 heavy (non-hydrogen) atoms. The van der Waals surface area contributed by atoms with Crippen molar-refractivity contribution in [2.24, 2.45) is 5.92 Å². The standard InChI is InChI=1S/C29H29Cl2N7O5/c1-37-14-19(28(41)38(2)29(37)42)26(40)35-20-9-5-7-17(25(20)31)16-6-4-8-18(24(16)30)21-12-33-22(27(36-21)43-3)13-32-15-10-23(39)34-11-15/h4-9,12,15,19,32H,10-11,13-14H2,1-3H3,(H,34,39)(H,35,40)/t15-,19?/m0/s1. The molecule has 1 aromatic heterocycles. The van der Waals surface area contributed by atoms with Gasteiger partial charge in [0.15, 0.2) is 0 Å². The molecule has 14 heteroatoms. The second-order valence-corrected chi connectivity index (χ2v) is 11.0. The number of anilines is 1. The highest BCUT2D eigenvalue weighted by atomic mass is 35.5. The van der Waals surface area contributed by atoms with Crippen LogP contribution in [0, 0.1) is 5.92 Å². The number of methoxy groups -OCH3 is 1. The average molecular weight is 627 g/mol. The Kier molecular flexibility index (Phi) is 8.81. The van der Waals surface area contributed by atoms with E-state index in [1.54, 1.807) is 42.6 Å². The minimum absolute atomic E-state index is 0.00476. The van der Waals surface area contributed by atoms with Gasteiger partial charge in [0.1, 0.15) is 11.6 Å². The molecular weight excluding hydrogens is 597 g/mol. The van der Waals surface area contributed by atoms with Gasteiger partial charge in [-0.15, -0.1) is 0 Å². The van der Waals surface area contributed by atoms with E-state index in [-0.39, 0.29) is 29.2 Å². The average Bonchev–Trinajstić information content (AvgIpc) is 3.42. The summed E-state index contributed by atoms with van der Waals surface area (Å²) in [6.07, 6.45) is 2.00. The Morgan fingerprint density at radius 3 is 2.47 bits per heavy atom. The molecular formula is C29H29Cl2N7O5. The Morgan fingerprint density at radius 1 is 1.07 bits per heavy atom. The molecule has 12 nitrogen and oxygen atoms in total. The number of carbonyl (C=O) groups excluding carboxylic acids is 4. The third-order valence-corrected chi connectivity index (χ3v) is 8.19. The molecule has 3 N–H and O–H groups in total. The fourth-order valence-electron chi connectivity index (χ4n) is 5.01. The lowest BCUT2D eigenvalue weighted by Crippen LogP contribution is -2.56. The van der Waals surface area contributed by atoms with Crippen molar-refractivity contribution >= 4 is 52.6 Å². The first kappa shape index (κ1) is 30.2. The van der Waals surface area contributed by atoms with Crippen LogP contribution in [0.5, 0.6) is 5.88 Å². The maximum Gasteiger partial charge on any atom is 0.326 e.